The van der Waals surface area contributed by atoms with E-state index in [0.29, 0.717) is 12.5 Å². The number of amides is 1. The molecule has 0 aliphatic carbocycles. The third kappa shape index (κ3) is 3.66. The van der Waals surface area contributed by atoms with Gasteiger partial charge < -0.3 is 10.6 Å². The number of hydrogen-bond donors (Lipinski definition) is 2. The van der Waals surface area contributed by atoms with Gasteiger partial charge in [-0.15, -0.1) is 0 Å². The van der Waals surface area contributed by atoms with Gasteiger partial charge in [0.2, 0.25) is 5.91 Å². The normalized spacial score (nSPS) is 19.0. The third-order valence-corrected chi connectivity index (χ3v) is 4.06. The Labute approximate surface area is 106 Å². The summed E-state index contributed by atoms with van der Waals surface area (Å²) < 4.78 is 0. The Hall–Kier alpha value is -1.16. The van der Waals surface area contributed by atoms with E-state index in [-0.39, 0.29) is 5.91 Å². The molecule has 1 aliphatic rings. The van der Waals surface area contributed by atoms with Crippen molar-refractivity contribution in [2.24, 2.45) is 0 Å². The van der Waals surface area contributed by atoms with Gasteiger partial charge in [-0.05, 0) is 29.9 Å². The molecule has 1 unspecified atom stereocenters. The summed E-state index contributed by atoms with van der Waals surface area (Å²) in [7, 11) is 1.66. The van der Waals surface area contributed by atoms with Gasteiger partial charge in [0.15, 0.2) is 0 Å². The highest BCUT2D eigenvalue weighted by Gasteiger charge is 2.14. The van der Waals surface area contributed by atoms with Gasteiger partial charge in [-0.2, -0.15) is 11.8 Å². The molecule has 1 aromatic rings. The standard InChI is InChI=1S/C13H18N2OS/c1-14-13(16)8-10-2-4-11(5-3-10)15-12-6-7-17-9-12/h2-5,12,15H,6-9H2,1H3,(H,14,16). The number of carbonyl (C=O) groups is 1. The monoisotopic (exact) mass is 250 g/mol. The molecule has 0 spiro atoms. The summed E-state index contributed by atoms with van der Waals surface area (Å²) in [6, 6.07) is 8.74. The molecule has 92 valence electrons. The first kappa shape index (κ1) is 12.3. The second-order valence-corrected chi connectivity index (χ2v) is 5.40. The lowest BCUT2D eigenvalue weighted by Gasteiger charge is -2.13. The van der Waals surface area contributed by atoms with Crippen molar-refractivity contribution in [1.82, 2.24) is 5.32 Å². The molecule has 17 heavy (non-hydrogen) atoms. The van der Waals surface area contributed by atoms with Gasteiger partial charge in [0.25, 0.3) is 0 Å². The molecule has 0 aromatic heterocycles. The summed E-state index contributed by atoms with van der Waals surface area (Å²) in [5.41, 5.74) is 2.20. The zero-order valence-electron chi connectivity index (χ0n) is 10.0. The van der Waals surface area contributed by atoms with Crippen LogP contribution in [0.3, 0.4) is 0 Å². The van der Waals surface area contributed by atoms with Crippen molar-refractivity contribution < 1.29 is 4.79 Å². The molecular formula is C13H18N2OS. The molecule has 1 heterocycles. The molecule has 2 N–H and O–H groups in total. The number of nitrogens with one attached hydrogen (secondary N) is 2. The van der Waals surface area contributed by atoms with Gasteiger partial charge >= 0.3 is 0 Å². The number of likely N-dealkylation sites (N-methyl/N-ethyl adjacent to an activating group) is 1. The lowest BCUT2D eigenvalue weighted by molar-refractivity contribution is -0.119. The van der Waals surface area contributed by atoms with Gasteiger partial charge in [0, 0.05) is 24.5 Å². The zero-order valence-corrected chi connectivity index (χ0v) is 10.8. The van der Waals surface area contributed by atoms with Gasteiger partial charge in [-0.3, -0.25) is 4.79 Å². The zero-order chi connectivity index (χ0) is 12.1. The van der Waals surface area contributed by atoms with Crippen molar-refractivity contribution in [3.63, 3.8) is 0 Å². The van der Waals surface area contributed by atoms with E-state index in [1.54, 1.807) is 7.05 Å². The quantitative estimate of drug-likeness (QED) is 0.857. The van der Waals surface area contributed by atoms with Crippen LogP contribution < -0.4 is 10.6 Å². The Bertz CT molecular complexity index is 372. The fraction of sp³-hybridized carbons (Fsp3) is 0.462. The van der Waals surface area contributed by atoms with Gasteiger partial charge in [0.1, 0.15) is 0 Å². The van der Waals surface area contributed by atoms with Crippen LogP contribution in [0.15, 0.2) is 24.3 Å². The summed E-state index contributed by atoms with van der Waals surface area (Å²) in [6.07, 6.45) is 1.70. The molecule has 1 atom stereocenters. The van der Waals surface area contributed by atoms with Gasteiger partial charge in [-0.25, -0.2) is 0 Å². The molecule has 0 radical (unpaired) electrons. The van der Waals surface area contributed by atoms with Crippen LogP contribution in [0.4, 0.5) is 5.69 Å². The van der Waals surface area contributed by atoms with E-state index in [1.165, 1.54) is 17.9 Å². The minimum absolute atomic E-state index is 0.0536. The van der Waals surface area contributed by atoms with Crippen LogP contribution in [0, 0.1) is 0 Å². The first-order chi connectivity index (χ1) is 8.28. The van der Waals surface area contributed by atoms with E-state index in [2.05, 4.69) is 22.8 Å². The highest BCUT2D eigenvalue weighted by Crippen LogP contribution is 2.21. The molecule has 2 rings (SSSR count). The van der Waals surface area contributed by atoms with E-state index in [4.69, 9.17) is 0 Å². The van der Waals surface area contributed by atoms with Crippen LogP contribution in [0.5, 0.6) is 0 Å². The van der Waals surface area contributed by atoms with E-state index in [1.807, 2.05) is 23.9 Å². The van der Waals surface area contributed by atoms with E-state index in [9.17, 15) is 4.79 Å². The number of rotatable bonds is 4. The smallest absolute Gasteiger partial charge is 0.224 e. The van der Waals surface area contributed by atoms with Crippen molar-refractivity contribution in [2.75, 3.05) is 23.9 Å². The minimum atomic E-state index is 0.0536. The summed E-state index contributed by atoms with van der Waals surface area (Å²) >= 11 is 2.00. The Kier molecular flexibility index (Phi) is 4.31. The fourth-order valence-corrected chi connectivity index (χ4v) is 3.03. The summed E-state index contributed by atoms with van der Waals surface area (Å²) in [4.78, 5) is 11.2. The second-order valence-electron chi connectivity index (χ2n) is 4.25. The van der Waals surface area contributed by atoms with E-state index >= 15 is 0 Å². The highest BCUT2D eigenvalue weighted by atomic mass is 32.2. The Morgan fingerprint density at radius 3 is 2.76 bits per heavy atom. The average molecular weight is 250 g/mol. The summed E-state index contributed by atoms with van der Waals surface area (Å²) in [5, 5.41) is 6.14. The molecule has 3 nitrogen and oxygen atoms in total. The topological polar surface area (TPSA) is 41.1 Å². The molecular weight excluding hydrogens is 232 g/mol. The first-order valence-electron chi connectivity index (χ1n) is 5.92. The molecule has 1 amide bonds. The van der Waals surface area contributed by atoms with Gasteiger partial charge in [-0.1, -0.05) is 12.1 Å². The third-order valence-electron chi connectivity index (χ3n) is 2.90. The largest absolute Gasteiger partial charge is 0.381 e. The molecule has 0 bridgehead atoms. The van der Waals surface area contributed by atoms with Crippen molar-refractivity contribution in [1.29, 1.82) is 0 Å². The highest BCUT2D eigenvalue weighted by molar-refractivity contribution is 7.99. The maximum atomic E-state index is 11.2. The maximum Gasteiger partial charge on any atom is 0.224 e. The van der Waals surface area contributed by atoms with Gasteiger partial charge in [0.05, 0.1) is 6.42 Å². The van der Waals surface area contributed by atoms with E-state index < -0.39 is 0 Å². The number of benzene rings is 1. The number of hydrogen-bond acceptors (Lipinski definition) is 3. The van der Waals surface area contributed by atoms with Crippen molar-refractivity contribution in [3.05, 3.63) is 29.8 Å². The first-order valence-corrected chi connectivity index (χ1v) is 7.07. The van der Waals surface area contributed by atoms with Crippen LogP contribution in [-0.2, 0) is 11.2 Å². The average Bonchev–Trinajstić information content (AvgIpc) is 2.84. The van der Waals surface area contributed by atoms with Crippen molar-refractivity contribution in [3.8, 4) is 0 Å². The Balaban J connectivity index is 1.90. The molecule has 1 saturated heterocycles. The molecule has 1 aliphatic heterocycles. The molecule has 4 heteroatoms. The predicted octanol–water partition coefficient (Wildman–Crippen LogP) is 1.89. The predicted molar refractivity (Wildman–Crippen MR) is 73.6 cm³/mol. The number of anilines is 1. The van der Waals surface area contributed by atoms with Crippen molar-refractivity contribution in [2.45, 2.75) is 18.9 Å². The van der Waals surface area contributed by atoms with Crippen molar-refractivity contribution >= 4 is 23.4 Å². The molecule has 1 fully saturated rings. The summed E-state index contributed by atoms with van der Waals surface area (Å²) in [5.74, 6) is 2.50. The van der Waals surface area contributed by atoms with Crippen LogP contribution >= 0.6 is 11.8 Å². The SMILES string of the molecule is CNC(=O)Cc1ccc(NC2CCSC2)cc1. The lowest BCUT2D eigenvalue weighted by Crippen LogP contribution is -2.20. The van der Waals surface area contributed by atoms with Crippen LogP contribution in [0.2, 0.25) is 0 Å². The Morgan fingerprint density at radius 2 is 2.18 bits per heavy atom. The maximum absolute atomic E-state index is 11.2. The van der Waals surface area contributed by atoms with E-state index in [0.717, 1.165) is 11.3 Å². The number of carbonyl (C=O) groups excluding carboxylic acids is 1. The Morgan fingerprint density at radius 1 is 1.41 bits per heavy atom. The minimum Gasteiger partial charge on any atom is -0.381 e. The second kappa shape index (κ2) is 5.96. The molecule has 0 saturated carbocycles. The van der Waals surface area contributed by atoms with Crippen LogP contribution in [0.25, 0.3) is 0 Å². The lowest BCUT2D eigenvalue weighted by atomic mass is 10.1. The fourth-order valence-electron chi connectivity index (χ4n) is 1.88. The molecule has 1 aromatic carbocycles. The van der Waals surface area contributed by atoms with Crippen LogP contribution in [-0.4, -0.2) is 30.5 Å². The number of thioether (sulfide) groups is 1. The van der Waals surface area contributed by atoms with Crippen LogP contribution in [0.1, 0.15) is 12.0 Å². The summed E-state index contributed by atoms with van der Waals surface area (Å²) in [6.45, 7) is 0.